The molecule has 1 aromatic carbocycles. The van der Waals surface area contributed by atoms with Gasteiger partial charge in [0.2, 0.25) is 0 Å². The second-order valence-corrected chi connectivity index (χ2v) is 7.42. The highest BCUT2D eigenvalue weighted by molar-refractivity contribution is 5.98. The Morgan fingerprint density at radius 1 is 1.22 bits per heavy atom. The number of pyridine rings is 1. The van der Waals surface area contributed by atoms with E-state index in [-0.39, 0.29) is 37.8 Å². The first kappa shape index (κ1) is 20.0. The molecule has 1 N–H and O–H groups in total. The van der Waals surface area contributed by atoms with Crippen LogP contribution in [0.25, 0.3) is 11.0 Å². The maximum atomic E-state index is 12.3. The molecule has 0 radical (unpaired) electrons. The largest absolute Gasteiger partial charge is 0.488 e. The first-order valence-electron chi connectivity index (χ1n) is 10.2. The van der Waals surface area contributed by atoms with Gasteiger partial charge in [-0.2, -0.15) is 15.2 Å². The van der Waals surface area contributed by atoms with Crippen molar-refractivity contribution >= 4 is 28.4 Å². The number of amides is 1. The van der Waals surface area contributed by atoms with E-state index >= 15 is 0 Å². The number of hydrogen-bond acceptors (Lipinski definition) is 9. The lowest BCUT2D eigenvalue weighted by atomic mass is 10.0. The summed E-state index contributed by atoms with van der Waals surface area (Å²) in [6.45, 7) is 3.36. The lowest BCUT2D eigenvalue weighted by molar-refractivity contribution is -0.125. The summed E-state index contributed by atoms with van der Waals surface area (Å²) in [6.07, 6.45) is 1.62. The number of fused-ring (bicyclic) bond motifs is 5. The topological polar surface area (TPSA) is 122 Å². The van der Waals surface area contributed by atoms with Gasteiger partial charge in [-0.25, -0.2) is 4.98 Å². The molecule has 0 spiro atoms. The highest BCUT2D eigenvalue weighted by Crippen LogP contribution is 2.34. The molecule has 1 fully saturated rings. The second kappa shape index (κ2) is 8.28. The minimum absolute atomic E-state index is 0.0431. The quantitative estimate of drug-likeness (QED) is 0.616. The fourth-order valence-corrected chi connectivity index (χ4v) is 3.80. The molecule has 10 heteroatoms. The summed E-state index contributed by atoms with van der Waals surface area (Å²) in [5.74, 6) is 0.911. The molecule has 1 amide bonds. The van der Waals surface area contributed by atoms with Crippen LogP contribution in [0, 0.1) is 11.3 Å². The molecular weight excluding hydrogens is 412 g/mol. The van der Waals surface area contributed by atoms with E-state index in [9.17, 15) is 10.1 Å². The number of rotatable bonds is 1. The SMILES string of the molecule is C[C@H]1Nc2nc(nc3ncc(N4CCOCC4=O)cc23)OCCOc2c(C#N)cccc21. The van der Waals surface area contributed by atoms with E-state index in [1.807, 2.05) is 25.1 Å². The van der Waals surface area contributed by atoms with E-state index in [1.165, 1.54) is 0 Å². The number of hydrogen-bond donors (Lipinski definition) is 1. The maximum Gasteiger partial charge on any atom is 0.320 e. The van der Waals surface area contributed by atoms with Gasteiger partial charge in [-0.15, -0.1) is 0 Å². The molecule has 5 rings (SSSR count). The predicted molar refractivity (Wildman–Crippen MR) is 115 cm³/mol. The van der Waals surface area contributed by atoms with Gasteiger partial charge in [0.1, 0.15) is 37.5 Å². The number of anilines is 2. The number of para-hydroxylation sites is 1. The van der Waals surface area contributed by atoms with Crippen LogP contribution in [-0.4, -0.2) is 53.8 Å². The second-order valence-electron chi connectivity index (χ2n) is 7.42. The molecule has 162 valence electrons. The molecule has 0 aliphatic carbocycles. The number of nitriles is 1. The van der Waals surface area contributed by atoms with Crippen molar-refractivity contribution in [2.75, 3.05) is 43.2 Å². The minimum atomic E-state index is -0.240. The van der Waals surface area contributed by atoms with Gasteiger partial charge in [-0.05, 0) is 19.1 Å². The van der Waals surface area contributed by atoms with Crippen molar-refractivity contribution < 1.29 is 19.0 Å². The first-order valence-corrected chi connectivity index (χ1v) is 10.2. The zero-order valence-electron chi connectivity index (χ0n) is 17.4. The van der Waals surface area contributed by atoms with Gasteiger partial charge in [0, 0.05) is 12.1 Å². The third-order valence-corrected chi connectivity index (χ3v) is 5.36. The molecular formula is C22H20N6O4. The fourth-order valence-electron chi connectivity index (χ4n) is 3.80. The molecule has 0 saturated carbocycles. The minimum Gasteiger partial charge on any atom is -0.488 e. The van der Waals surface area contributed by atoms with E-state index in [2.05, 4.69) is 26.3 Å². The van der Waals surface area contributed by atoms with Crippen LogP contribution in [0.15, 0.2) is 30.5 Å². The zero-order chi connectivity index (χ0) is 22.1. The standard InChI is InChI=1S/C22H20N6O4/c1-13-16-4-2-3-14(10-23)19(16)31-7-8-32-22-26-20-17(21(25-13)27-22)9-15(11-24-20)28-5-6-30-12-18(28)29/h2-4,9,11,13H,5-8,12H2,1H3,(H,24,25,26,27)/t13-/m1/s1. The normalized spacial score (nSPS) is 18.4. The summed E-state index contributed by atoms with van der Waals surface area (Å²) in [6, 6.07) is 9.40. The van der Waals surface area contributed by atoms with Gasteiger partial charge < -0.3 is 24.4 Å². The summed E-state index contributed by atoms with van der Waals surface area (Å²) < 4.78 is 16.8. The Balaban J connectivity index is 1.60. The fraction of sp³-hybridized carbons (Fsp3) is 0.318. The van der Waals surface area contributed by atoms with Crippen molar-refractivity contribution in [3.8, 4) is 17.8 Å². The molecule has 32 heavy (non-hydrogen) atoms. The van der Waals surface area contributed by atoms with Crippen molar-refractivity contribution in [3.63, 3.8) is 0 Å². The lowest BCUT2D eigenvalue weighted by Crippen LogP contribution is -2.41. The summed E-state index contributed by atoms with van der Waals surface area (Å²) in [5, 5.41) is 13.5. The van der Waals surface area contributed by atoms with Crippen LogP contribution >= 0.6 is 0 Å². The Hall–Kier alpha value is -3.97. The summed E-state index contributed by atoms with van der Waals surface area (Å²) in [4.78, 5) is 27.3. The first-order chi connectivity index (χ1) is 15.6. The van der Waals surface area contributed by atoms with Crippen LogP contribution < -0.4 is 19.7 Å². The molecule has 2 aliphatic rings. The number of aromatic nitrogens is 3. The van der Waals surface area contributed by atoms with Crippen LogP contribution in [0.3, 0.4) is 0 Å². The highest BCUT2D eigenvalue weighted by atomic mass is 16.5. The summed E-state index contributed by atoms with van der Waals surface area (Å²) in [5.41, 5.74) is 2.37. The molecule has 2 bridgehead atoms. The Morgan fingerprint density at radius 3 is 2.94 bits per heavy atom. The average Bonchev–Trinajstić information content (AvgIpc) is 2.83. The van der Waals surface area contributed by atoms with Gasteiger partial charge >= 0.3 is 6.01 Å². The van der Waals surface area contributed by atoms with Gasteiger partial charge in [-0.3, -0.25) is 4.79 Å². The van der Waals surface area contributed by atoms with Crippen molar-refractivity contribution in [2.45, 2.75) is 13.0 Å². The number of morpholine rings is 1. The van der Waals surface area contributed by atoms with Crippen LogP contribution in [0.5, 0.6) is 11.8 Å². The zero-order valence-corrected chi connectivity index (χ0v) is 17.4. The smallest absolute Gasteiger partial charge is 0.320 e. The van der Waals surface area contributed by atoms with E-state index in [1.54, 1.807) is 17.2 Å². The van der Waals surface area contributed by atoms with Crippen LogP contribution in [0.2, 0.25) is 0 Å². The highest BCUT2D eigenvalue weighted by Gasteiger charge is 2.23. The number of nitrogens with zero attached hydrogens (tertiary/aromatic N) is 5. The lowest BCUT2D eigenvalue weighted by Gasteiger charge is -2.26. The van der Waals surface area contributed by atoms with Crippen molar-refractivity contribution in [1.29, 1.82) is 5.26 Å². The Bertz CT molecular complexity index is 1240. The number of nitrogens with one attached hydrogen (secondary N) is 1. The van der Waals surface area contributed by atoms with Gasteiger partial charge in [0.05, 0.1) is 35.5 Å². The molecule has 3 aromatic rings. The maximum absolute atomic E-state index is 12.3. The van der Waals surface area contributed by atoms with Crippen LogP contribution in [-0.2, 0) is 9.53 Å². The number of carbonyl (C=O) groups excluding carboxylic acids is 1. The summed E-state index contributed by atoms with van der Waals surface area (Å²) in [7, 11) is 0. The van der Waals surface area contributed by atoms with Crippen molar-refractivity contribution in [1.82, 2.24) is 15.0 Å². The number of benzene rings is 1. The molecule has 1 atom stereocenters. The van der Waals surface area contributed by atoms with Crippen molar-refractivity contribution in [3.05, 3.63) is 41.6 Å². The Labute approximate surface area is 183 Å². The Kier molecular flexibility index (Phi) is 5.17. The summed E-state index contributed by atoms with van der Waals surface area (Å²) >= 11 is 0. The predicted octanol–water partition coefficient (Wildman–Crippen LogP) is 2.20. The van der Waals surface area contributed by atoms with Crippen LogP contribution in [0.4, 0.5) is 11.5 Å². The molecule has 0 unspecified atom stereocenters. The number of carbonyl (C=O) groups is 1. The molecule has 2 aliphatic heterocycles. The molecule has 2 aromatic heterocycles. The van der Waals surface area contributed by atoms with E-state index in [0.29, 0.717) is 47.0 Å². The number of ether oxygens (including phenoxy) is 3. The van der Waals surface area contributed by atoms with E-state index in [0.717, 1.165) is 5.56 Å². The Morgan fingerprint density at radius 2 is 2.09 bits per heavy atom. The molecule has 10 nitrogen and oxygen atoms in total. The van der Waals surface area contributed by atoms with Gasteiger partial charge in [-0.1, -0.05) is 12.1 Å². The monoisotopic (exact) mass is 432 g/mol. The third kappa shape index (κ3) is 3.63. The molecule has 1 saturated heterocycles. The van der Waals surface area contributed by atoms with E-state index in [4.69, 9.17) is 14.2 Å². The molecule has 4 heterocycles. The van der Waals surface area contributed by atoms with Gasteiger partial charge in [0.25, 0.3) is 5.91 Å². The van der Waals surface area contributed by atoms with Gasteiger partial charge in [0.15, 0.2) is 5.65 Å². The van der Waals surface area contributed by atoms with Crippen LogP contribution in [0.1, 0.15) is 24.1 Å². The average molecular weight is 432 g/mol. The third-order valence-electron chi connectivity index (χ3n) is 5.36. The van der Waals surface area contributed by atoms with Crippen molar-refractivity contribution in [2.24, 2.45) is 0 Å². The van der Waals surface area contributed by atoms with E-state index < -0.39 is 0 Å².